The molecule has 8 nitrogen and oxygen atoms in total. The van der Waals surface area contributed by atoms with E-state index in [1.165, 1.54) is 6.92 Å². The number of rotatable bonds is 11. The van der Waals surface area contributed by atoms with Crippen LogP contribution in [0.1, 0.15) is 33.6 Å². The van der Waals surface area contributed by atoms with Gasteiger partial charge in [-0.25, -0.2) is 0 Å². The van der Waals surface area contributed by atoms with Gasteiger partial charge in [-0.2, -0.15) is 8.42 Å². The van der Waals surface area contributed by atoms with Crippen LogP contribution in [0.3, 0.4) is 0 Å². The third kappa shape index (κ3) is 14.4. The summed E-state index contributed by atoms with van der Waals surface area (Å²) in [4.78, 5) is 21.6. The molecule has 0 aromatic carbocycles. The molecule has 138 valence electrons. The Morgan fingerprint density at radius 3 is 2.39 bits per heavy atom. The number of esters is 1. The molecule has 0 aromatic heterocycles. The molecule has 0 radical (unpaired) electrons. The predicted octanol–water partition coefficient (Wildman–Crippen LogP) is 0.199. The van der Waals surface area contributed by atoms with Crippen LogP contribution in [-0.2, 0) is 28.6 Å². The fourth-order valence-corrected chi connectivity index (χ4v) is 2.51. The minimum atomic E-state index is -3.64. The fourth-order valence-electron chi connectivity index (χ4n) is 1.39. The zero-order valence-electron chi connectivity index (χ0n) is 13.8. The average molecular weight is 375 g/mol. The standard InChI is InChI=1S/C13H26N2O6S.ClH/c1-11(16)15-6-4-8-22(18,19)21-10-13(2,3)5-7-20-12(17)9-14;/h4-10,14H2,1-3H3,(H,15,16);1H. The van der Waals surface area contributed by atoms with Gasteiger partial charge >= 0.3 is 5.97 Å². The summed E-state index contributed by atoms with van der Waals surface area (Å²) in [5, 5.41) is 2.52. The van der Waals surface area contributed by atoms with E-state index >= 15 is 0 Å². The van der Waals surface area contributed by atoms with Gasteiger partial charge in [0.2, 0.25) is 5.91 Å². The first-order valence-corrected chi connectivity index (χ1v) is 8.63. The Hall–Kier alpha value is -0.900. The first kappa shape index (κ1) is 24.4. The third-order valence-electron chi connectivity index (χ3n) is 2.78. The Balaban J connectivity index is 0. The van der Waals surface area contributed by atoms with Crippen LogP contribution in [-0.4, -0.2) is 52.4 Å². The van der Waals surface area contributed by atoms with Crippen LogP contribution >= 0.6 is 12.4 Å². The van der Waals surface area contributed by atoms with E-state index in [4.69, 9.17) is 14.7 Å². The number of halogens is 1. The smallest absolute Gasteiger partial charge is 0.319 e. The lowest BCUT2D eigenvalue weighted by Gasteiger charge is -2.23. The molecule has 23 heavy (non-hydrogen) atoms. The molecule has 1 amide bonds. The van der Waals surface area contributed by atoms with Crippen molar-refractivity contribution in [3.63, 3.8) is 0 Å². The molecule has 0 aromatic rings. The molecule has 0 rings (SSSR count). The average Bonchev–Trinajstić information content (AvgIpc) is 2.41. The quantitative estimate of drug-likeness (QED) is 0.300. The molecule has 0 aliphatic carbocycles. The van der Waals surface area contributed by atoms with E-state index in [0.29, 0.717) is 6.42 Å². The number of amides is 1. The van der Waals surface area contributed by atoms with Gasteiger partial charge in [0, 0.05) is 13.5 Å². The highest BCUT2D eigenvalue weighted by Crippen LogP contribution is 2.21. The number of hydrogen-bond acceptors (Lipinski definition) is 7. The highest BCUT2D eigenvalue weighted by Gasteiger charge is 2.23. The zero-order valence-corrected chi connectivity index (χ0v) is 15.4. The zero-order chi connectivity index (χ0) is 17.2. The maximum Gasteiger partial charge on any atom is 0.319 e. The van der Waals surface area contributed by atoms with Gasteiger partial charge in [-0.1, -0.05) is 13.8 Å². The number of hydrogen-bond donors (Lipinski definition) is 2. The molecule has 0 aliphatic heterocycles. The minimum Gasteiger partial charge on any atom is -0.465 e. The lowest BCUT2D eigenvalue weighted by molar-refractivity contribution is -0.142. The Bertz CT molecular complexity index is 467. The van der Waals surface area contributed by atoms with Gasteiger partial charge in [-0.15, -0.1) is 12.4 Å². The summed E-state index contributed by atoms with van der Waals surface area (Å²) >= 11 is 0. The summed E-state index contributed by atoms with van der Waals surface area (Å²) in [5.74, 6) is -0.861. The second-order valence-electron chi connectivity index (χ2n) is 5.70. The van der Waals surface area contributed by atoms with Crippen molar-refractivity contribution < 1.29 is 26.9 Å². The summed E-state index contributed by atoms with van der Waals surface area (Å²) in [6.07, 6.45) is 0.747. The molecule has 0 heterocycles. The van der Waals surface area contributed by atoms with E-state index in [2.05, 4.69) is 5.32 Å². The van der Waals surface area contributed by atoms with E-state index in [1.54, 1.807) is 0 Å². The van der Waals surface area contributed by atoms with Gasteiger partial charge in [0.15, 0.2) is 0 Å². The number of ether oxygens (including phenoxy) is 1. The van der Waals surface area contributed by atoms with Crippen molar-refractivity contribution in [2.45, 2.75) is 33.6 Å². The summed E-state index contributed by atoms with van der Waals surface area (Å²) in [6, 6.07) is 0. The Labute approximate surface area is 144 Å². The Kier molecular flexibility index (Phi) is 12.3. The molecule has 0 saturated heterocycles. The maximum atomic E-state index is 11.7. The van der Waals surface area contributed by atoms with Crippen LogP contribution in [0, 0.1) is 5.41 Å². The van der Waals surface area contributed by atoms with Crippen molar-refractivity contribution in [1.82, 2.24) is 5.32 Å². The lowest BCUT2D eigenvalue weighted by Crippen LogP contribution is -2.27. The minimum absolute atomic E-state index is 0. The van der Waals surface area contributed by atoms with Gasteiger partial charge in [0.25, 0.3) is 10.1 Å². The molecule has 3 N–H and O–H groups in total. The van der Waals surface area contributed by atoms with E-state index in [9.17, 15) is 18.0 Å². The molecule has 0 bridgehead atoms. The molecular weight excluding hydrogens is 348 g/mol. The van der Waals surface area contributed by atoms with Crippen LogP contribution in [0.15, 0.2) is 0 Å². The number of carbonyl (C=O) groups excluding carboxylic acids is 2. The van der Waals surface area contributed by atoms with Crippen LogP contribution in [0.2, 0.25) is 0 Å². The van der Waals surface area contributed by atoms with Crippen molar-refractivity contribution in [1.29, 1.82) is 0 Å². The second-order valence-corrected chi connectivity index (χ2v) is 7.46. The number of nitrogens with one attached hydrogen (secondary N) is 1. The molecule has 0 atom stereocenters. The number of carbonyl (C=O) groups is 2. The van der Waals surface area contributed by atoms with E-state index in [-0.39, 0.29) is 56.8 Å². The third-order valence-corrected chi connectivity index (χ3v) is 4.05. The maximum absolute atomic E-state index is 11.7. The SMILES string of the molecule is CC(=O)NCCCS(=O)(=O)OCC(C)(C)CCOC(=O)CN.Cl. The second kappa shape index (κ2) is 11.6. The van der Waals surface area contributed by atoms with Gasteiger partial charge < -0.3 is 15.8 Å². The van der Waals surface area contributed by atoms with Crippen LogP contribution in [0.25, 0.3) is 0 Å². The van der Waals surface area contributed by atoms with Crippen molar-refractivity contribution >= 4 is 34.4 Å². The summed E-state index contributed by atoms with van der Waals surface area (Å²) in [6.45, 7) is 5.26. The Morgan fingerprint density at radius 1 is 1.26 bits per heavy atom. The van der Waals surface area contributed by atoms with E-state index < -0.39 is 21.5 Å². The summed E-state index contributed by atoms with van der Waals surface area (Å²) < 4.78 is 33.3. The van der Waals surface area contributed by atoms with Crippen molar-refractivity contribution in [3.8, 4) is 0 Å². The van der Waals surface area contributed by atoms with Gasteiger partial charge in [0.05, 0.1) is 25.5 Å². The molecule has 0 unspecified atom stereocenters. The van der Waals surface area contributed by atoms with Crippen LogP contribution < -0.4 is 11.1 Å². The van der Waals surface area contributed by atoms with E-state index in [0.717, 1.165) is 0 Å². The summed E-state index contributed by atoms with van der Waals surface area (Å²) in [7, 11) is -3.64. The lowest BCUT2D eigenvalue weighted by atomic mass is 9.91. The first-order valence-electron chi connectivity index (χ1n) is 7.05. The largest absolute Gasteiger partial charge is 0.465 e. The number of nitrogens with two attached hydrogens (primary N) is 1. The molecule has 10 heteroatoms. The first-order chi connectivity index (χ1) is 10.1. The van der Waals surface area contributed by atoms with E-state index in [1.807, 2.05) is 13.8 Å². The topological polar surface area (TPSA) is 125 Å². The van der Waals surface area contributed by atoms with Gasteiger partial charge in [-0.3, -0.25) is 13.8 Å². The van der Waals surface area contributed by atoms with Crippen molar-refractivity contribution in [2.75, 3.05) is 32.1 Å². The molecular formula is C13H27ClN2O6S. The van der Waals surface area contributed by atoms with Crippen molar-refractivity contribution in [3.05, 3.63) is 0 Å². The molecule has 0 saturated carbocycles. The highest BCUT2D eigenvalue weighted by atomic mass is 35.5. The van der Waals surface area contributed by atoms with Crippen LogP contribution in [0.5, 0.6) is 0 Å². The predicted molar refractivity (Wildman–Crippen MR) is 88.7 cm³/mol. The summed E-state index contributed by atoms with van der Waals surface area (Å²) in [5.41, 5.74) is 4.65. The van der Waals surface area contributed by atoms with Crippen molar-refractivity contribution in [2.24, 2.45) is 11.1 Å². The highest BCUT2D eigenvalue weighted by molar-refractivity contribution is 7.86. The molecule has 0 aliphatic rings. The fraction of sp³-hybridized carbons (Fsp3) is 0.846. The molecule has 0 fully saturated rings. The van der Waals surface area contributed by atoms with Gasteiger partial charge in [0.1, 0.15) is 0 Å². The van der Waals surface area contributed by atoms with Gasteiger partial charge in [-0.05, 0) is 18.3 Å². The molecule has 0 spiro atoms. The normalized spacial score (nSPS) is 11.5. The Morgan fingerprint density at radius 2 is 1.87 bits per heavy atom. The monoisotopic (exact) mass is 374 g/mol. The van der Waals surface area contributed by atoms with Crippen LogP contribution in [0.4, 0.5) is 0 Å².